The van der Waals surface area contributed by atoms with Gasteiger partial charge in [0.1, 0.15) is 5.75 Å². The zero-order valence-electron chi connectivity index (χ0n) is 11.9. The highest BCUT2D eigenvalue weighted by atomic mass is 16.5. The highest BCUT2D eigenvalue weighted by Crippen LogP contribution is 2.18. The van der Waals surface area contributed by atoms with Crippen molar-refractivity contribution in [3.8, 4) is 5.75 Å². The smallest absolute Gasteiger partial charge is 0.258 e. The van der Waals surface area contributed by atoms with Crippen LogP contribution in [0.2, 0.25) is 0 Å². The fourth-order valence-corrected chi connectivity index (χ4v) is 2.23. The van der Waals surface area contributed by atoms with Gasteiger partial charge in [-0.15, -0.1) is 0 Å². The molecule has 5 heteroatoms. The summed E-state index contributed by atoms with van der Waals surface area (Å²) < 4.78 is 5.52. The first-order chi connectivity index (χ1) is 9.54. The number of carbonyl (C=O) groups excluding carboxylic acids is 2. The zero-order valence-corrected chi connectivity index (χ0v) is 11.9. The molecule has 0 radical (unpaired) electrons. The van der Waals surface area contributed by atoms with Gasteiger partial charge in [0.05, 0.1) is 0 Å². The Morgan fingerprint density at radius 1 is 1.45 bits per heavy atom. The first-order valence-electron chi connectivity index (χ1n) is 6.80. The largest absolute Gasteiger partial charge is 0.484 e. The minimum absolute atomic E-state index is 0.00270. The van der Waals surface area contributed by atoms with Gasteiger partial charge in [0.15, 0.2) is 6.61 Å². The Labute approximate surface area is 118 Å². The Balaban J connectivity index is 1.78. The molecule has 20 heavy (non-hydrogen) atoms. The molecule has 108 valence electrons. The second-order valence-corrected chi connectivity index (χ2v) is 5.16. The molecule has 5 nitrogen and oxygen atoms in total. The van der Waals surface area contributed by atoms with Crippen molar-refractivity contribution < 1.29 is 14.3 Å². The van der Waals surface area contributed by atoms with Crippen LogP contribution in [0.4, 0.5) is 0 Å². The molecule has 1 heterocycles. The van der Waals surface area contributed by atoms with Gasteiger partial charge < -0.3 is 15.4 Å². The van der Waals surface area contributed by atoms with Crippen LogP contribution in [0.1, 0.15) is 24.0 Å². The lowest BCUT2D eigenvalue weighted by molar-refractivity contribution is -0.126. The predicted octanol–water partition coefficient (Wildman–Crippen LogP) is 1.08. The van der Waals surface area contributed by atoms with Gasteiger partial charge in [-0.05, 0) is 31.9 Å². The number of benzene rings is 1. The maximum atomic E-state index is 11.8. The summed E-state index contributed by atoms with van der Waals surface area (Å²) in [6.07, 6.45) is 1.14. The molecule has 0 spiro atoms. The number of piperidine rings is 1. The van der Waals surface area contributed by atoms with Crippen molar-refractivity contribution in [1.82, 2.24) is 10.6 Å². The lowest BCUT2D eigenvalue weighted by Gasteiger charge is -2.23. The van der Waals surface area contributed by atoms with Crippen molar-refractivity contribution in [3.05, 3.63) is 29.3 Å². The third-order valence-corrected chi connectivity index (χ3v) is 3.32. The number of amides is 2. The molecule has 2 N–H and O–H groups in total. The number of aryl methyl sites for hydroxylation is 2. The standard InChI is InChI=1S/C15H20N2O3/c1-10-3-5-13(11(2)7-10)20-9-15(19)17-12-4-6-14(18)16-8-12/h3,5,7,12H,4,6,8-9H2,1-2H3,(H,16,18)(H,17,19). The van der Waals surface area contributed by atoms with Crippen molar-refractivity contribution >= 4 is 11.8 Å². The second-order valence-electron chi connectivity index (χ2n) is 5.16. The summed E-state index contributed by atoms with van der Waals surface area (Å²) in [4.78, 5) is 22.8. The maximum absolute atomic E-state index is 11.8. The lowest BCUT2D eigenvalue weighted by Crippen LogP contribution is -2.48. The molecule has 1 atom stereocenters. The van der Waals surface area contributed by atoms with Gasteiger partial charge in [-0.2, -0.15) is 0 Å². The molecule has 2 rings (SSSR count). The summed E-state index contributed by atoms with van der Waals surface area (Å²) in [5, 5.41) is 5.59. The number of hydrogen-bond acceptors (Lipinski definition) is 3. The van der Waals surface area contributed by atoms with Crippen molar-refractivity contribution in [2.45, 2.75) is 32.7 Å². The minimum Gasteiger partial charge on any atom is -0.484 e. The molecule has 1 aromatic carbocycles. The summed E-state index contributed by atoms with van der Waals surface area (Å²) in [6.45, 7) is 4.46. The summed E-state index contributed by atoms with van der Waals surface area (Å²) in [7, 11) is 0. The second kappa shape index (κ2) is 6.41. The lowest BCUT2D eigenvalue weighted by atomic mass is 10.1. The van der Waals surface area contributed by atoms with Crippen LogP contribution in [-0.4, -0.2) is 31.0 Å². The third kappa shape index (κ3) is 3.98. The molecular weight excluding hydrogens is 256 g/mol. The van der Waals surface area contributed by atoms with E-state index >= 15 is 0 Å². The van der Waals surface area contributed by atoms with Crippen LogP contribution in [0.5, 0.6) is 5.75 Å². The van der Waals surface area contributed by atoms with Gasteiger partial charge >= 0.3 is 0 Å². The fourth-order valence-electron chi connectivity index (χ4n) is 2.23. The molecule has 2 amide bonds. The van der Waals surface area contributed by atoms with E-state index in [4.69, 9.17) is 4.74 Å². The summed E-state index contributed by atoms with van der Waals surface area (Å²) in [5.41, 5.74) is 2.18. The van der Waals surface area contributed by atoms with Crippen molar-refractivity contribution in [2.75, 3.05) is 13.2 Å². The number of nitrogens with one attached hydrogen (secondary N) is 2. The fraction of sp³-hybridized carbons (Fsp3) is 0.467. The van der Waals surface area contributed by atoms with Crippen LogP contribution >= 0.6 is 0 Å². The Hall–Kier alpha value is -2.04. The van der Waals surface area contributed by atoms with E-state index in [0.717, 1.165) is 16.9 Å². The SMILES string of the molecule is Cc1ccc(OCC(=O)NC2CCC(=O)NC2)c(C)c1. The van der Waals surface area contributed by atoms with Crippen LogP contribution in [0.15, 0.2) is 18.2 Å². The first kappa shape index (κ1) is 14.4. The number of hydrogen-bond donors (Lipinski definition) is 2. The van der Waals surface area contributed by atoms with Gasteiger partial charge in [-0.3, -0.25) is 9.59 Å². The molecule has 0 bridgehead atoms. The van der Waals surface area contributed by atoms with Crippen molar-refractivity contribution in [3.63, 3.8) is 0 Å². The van der Waals surface area contributed by atoms with E-state index in [1.807, 2.05) is 32.0 Å². The van der Waals surface area contributed by atoms with E-state index in [1.165, 1.54) is 0 Å². The van der Waals surface area contributed by atoms with Crippen LogP contribution < -0.4 is 15.4 Å². The molecule has 0 saturated carbocycles. The summed E-state index contributed by atoms with van der Waals surface area (Å²) >= 11 is 0. The van der Waals surface area contributed by atoms with E-state index < -0.39 is 0 Å². The zero-order chi connectivity index (χ0) is 14.5. The van der Waals surface area contributed by atoms with E-state index in [9.17, 15) is 9.59 Å². The first-order valence-corrected chi connectivity index (χ1v) is 6.80. The van der Waals surface area contributed by atoms with Crippen LogP contribution in [-0.2, 0) is 9.59 Å². The molecule has 1 aliphatic rings. The molecule has 1 saturated heterocycles. The quantitative estimate of drug-likeness (QED) is 0.864. The average molecular weight is 276 g/mol. The maximum Gasteiger partial charge on any atom is 0.258 e. The molecular formula is C15H20N2O3. The van der Waals surface area contributed by atoms with Crippen LogP contribution in [0, 0.1) is 13.8 Å². The molecule has 0 aliphatic carbocycles. The van der Waals surface area contributed by atoms with E-state index in [1.54, 1.807) is 0 Å². The number of carbonyl (C=O) groups is 2. The Morgan fingerprint density at radius 2 is 2.25 bits per heavy atom. The van der Waals surface area contributed by atoms with E-state index in [2.05, 4.69) is 10.6 Å². The Bertz CT molecular complexity index is 504. The van der Waals surface area contributed by atoms with E-state index in [0.29, 0.717) is 19.4 Å². The molecule has 1 aromatic rings. The van der Waals surface area contributed by atoms with Crippen LogP contribution in [0.25, 0.3) is 0 Å². The average Bonchev–Trinajstić information content (AvgIpc) is 2.40. The van der Waals surface area contributed by atoms with Crippen molar-refractivity contribution in [2.24, 2.45) is 0 Å². The number of ether oxygens (including phenoxy) is 1. The molecule has 0 aromatic heterocycles. The molecule has 1 unspecified atom stereocenters. The van der Waals surface area contributed by atoms with E-state index in [-0.39, 0.29) is 24.5 Å². The van der Waals surface area contributed by atoms with Gasteiger partial charge in [-0.25, -0.2) is 0 Å². The predicted molar refractivity (Wildman–Crippen MR) is 75.6 cm³/mol. The highest BCUT2D eigenvalue weighted by molar-refractivity contribution is 5.79. The summed E-state index contributed by atoms with van der Waals surface area (Å²) in [6, 6.07) is 5.85. The topological polar surface area (TPSA) is 67.4 Å². The third-order valence-electron chi connectivity index (χ3n) is 3.32. The highest BCUT2D eigenvalue weighted by Gasteiger charge is 2.19. The van der Waals surface area contributed by atoms with Gasteiger partial charge in [0.25, 0.3) is 5.91 Å². The normalized spacial score (nSPS) is 18.3. The molecule has 1 aliphatic heterocycles. The van der Waals surface area contributed by atoms with Crippen molar-refractivity contribution in [1.29, 1.82) is 0 Å². The van der Waals surface area contributed by atoms with Gasteiger partial charge in [0.2, 0.25) is 5.91 Å². The number of rotatable bonds is 4. The molecule has 1 fully saturated rings. The summed E-state index contributed by atoms with van der Waals surface area (Å²) in [5.74, 6) is 0.607. The van der Waals surface area contributed by atoms with Crippen LogP contribution in [0.3, 0.4) is 0 Å². The Morgan fingerprint density at radius 3 is 2.90 bits per heavy atom. The minimum atomic E-state index is -0.161. The van der Waals surface area contributed by atoms with Gasteiger partial charge in [0, 0.05) is 19.0 Å². The monoisotopic (exact) mass is 276 g/mol. The van der Waals surface area contributed by atoms with Gasteiger partial charge in [-0.1, -0.05) is 17.7 Å². The Kier molecular flexibility index (Phi) is 4.61.